The molecular formula is C16H13ClN4O2. The van der Waals surface area contributed by atoms with Gasteiger partial charge >= 0.3 is 0 Å². The van der Waals surface area contributed by atoms with E-state index >= 15 is 0 Å². The lowest BCUT2D eigenvalue weighted by Crippen LogP contribution is -2.22. The van der Waals surface area contributed by atoms with Crippen LogP contribution in [0.4, 0.5) is 5.82 Å². The SMILES string of the molecule is O=C(Nc1cn(Cc2cccc(Cl)c2)cn1)c1ccc[nH]c1=O. The minimum Gasteiger partial charge on any atom is -0.331 e. The van der Waals surface area contributed by atoms with E-state index in [0.29, 0.717) is 17.4 Å². The molecule has 0 spiro atoms. The molecule has 2 aromatic heterocycles. The summed E-state index contributed by atoms with van der Waals surface area (Å²) in [6.45, 7) is 0.579. The zero-order chi connectivity index (χ0) is 16.2. The van der Waals surface area contributed by atoms with Crippen molar-refractivity contribution in [1.29, 1.82) is 0 Å². The predicted molar refractivity (Wildman–Crippen MR) is 87.8 cm³/mol. The number of aromatic amines is 1. The fourth-order valence-electron chi connectivity index (χ4n) is 2.14. The highest BCUT2D eigenvalue weighted by molar-refractivity contribution is 6.30. The van der Waals surface area contributed by atoms with Crippen LogP contribution >= 0.6 is 11.6 Å². The second-order valence-corrected chi connectivity index (χ2v) is 5.36. The fourth-order valence-corrected chi connectivity index (χ4v) is 2.35. The van der Waals surface area contributed by atoms with Gasteiger partial charge in [-0.05, 0) is 29.8 Å². The molecule has 23 heavy (non-hydrogen) atoms. The maximum Gasteiger partial charge on any atom is 0.262 e. The summed E-state index contributed by atoms with van der Waals surface area (Å²) in [6.07, 6.45) is 4.76. The number of rotatable bonds is 4. The van der Waals surface area contributed by atoms with E-state index in [2.05, 4.69) is 15.3 Å². The smallest absolute Gasteiger partial charge is 0.262 e. The van der Waals surface area contributed by atoms with Crippen LogP contribution in [-0.4, -0.2) is 20.4 Å². The Labute approximate surface area is 136 Å². The van der Waals surface area contributed by atoms with Crippen molar-refractivity contribution >= 4 is 23.3 Å². The number of nitrogens with one attached hydrogen (secondary N) is 2. The number of carbonyl (C=O) groups excluding carboxylic acids is 1. The molecule has 1 aromatic carbocycles. The predicted octanol–water partition coefficient (Wildman–Crippen LogP) is 2.53. The molecule has 6 nitrogen and oxygen atoms in total. The van der Waals surface area contributed by atoms with Crippen LogP contribution in [0.25, 0.3) is 0 Å². The first-order valence-electron chi connectivity index (χ1n) is 6.87. The molecule has 0 aliphatic rings. The third kappa shape index (κ3) is 3.67. The van der Waals surface area contributed by atoms with Crippen LogP contribution in [0.5, 0.6) is 0 Å². The van der Waals surface area contributed by atoms with Gasteiger partial charge in [0.25, 0.3) is 11.5 Å². The lowest BCUT2D eigenvalue weighted by Gasteiger charge is -2.03. The van der Waals surface area contributed by atoms with Gasteiger partial charge < -0.3 is 14.9 Å². The van der Waals surface area contributed by atoms with Gasteiger partial charge in [-0.3, -0.25) is 9.59 Å². The lowest BCUT2D eigenvalue weighted by atomic mass is 10.2. The van der Waals surface area contributed by atoms with Crippen molar-refractivity contribution in [2.45, 2.75) is 6.54 Å². The number of anilines is 1. The first-order chi connectivity index (χ1) is 11.1. The van der Waals surface area contributed by atoms with Gasteiger partial charge in [0.15, 0.2) is 5.82 Å². The number of carbonyl (C=O) groups is 1. The molecule has 0 unspecified atom stereocenters. The van der Waals surface area contributed by atoms with Crippen LogP contribution in [0.1, 0.15) is 15.9 Å². The van der Waals surface area contributed by atoms with Crippen LogP contribution in [-0.2, 0) is 6.54 Å². The molecule has 0 aliphatic heterocycles. The fraction of sp³-hybridized carbons (Fsp3) is 0.0625. The number of imidazole rings is 1. The maximum absolute atomic E-state index is 12.0. The summed E-state index contributed by atoms with van der Waals surface area (Å²) in [5.74, 6) is -0.125. The third-order valence-corrected chi connectivity index (χ3v) is 3.43. The molecule has 3 aromatic rings. The molecule has 0 saturated heterocycles. The first-order valence-corrected chi connectivity index (χ1v) is 7.25. The molecule has 7 heteroatoms. The highest BCUT2D eigenvalue weighted by Crippen LogP contribution is 2.13. The monoisotopic (exact) mass is 328 g/mol. The molecule has 0 bridgehead atoms. The Kier molecular flexibility index (Phi) is 4.25. The highest BCUT2D eigenvalue weighted by Gasteiger charge is 2.11. The molecule has 2 heterocycles. The van der Waals surface area contributed by atoms with Crippen molar-refractivity contribution in [2.75, 3.05) is 5.32 Å². The summed E-state index contributed by atoms with van der Waals surface area (Å²) in [5.41, 5.74) is 0.618. The molecular weight excluding hydrogens is 316 g/mol. The minimum absolute atomic E-state index is 0.0388. The number of aromatic nitrogens is 3. The summed E-state index contributed by atoms with van der Waals surface area (Å²) in [4.78, 5) is 30.2. The van der Waals surface area contributed by atoms with Crippen molar-refractivity contribution in [1.82, 2.24) is 14.5 Å². The van der Waals surface area contributed by atoms with Crippen molar-refractivity contribution in [3.05, 3.63) is 81.6 Å². The van der Waals surface area contributed by atoms with E-state index < -0.39 is 11.5 Å². The van der Waals surface area contributed by atoms with Gasteiger partial charge in [0.05, 0.1) is 6.33 Å². The Balaban J connectivity index is 1.71. The van der Waals surface area contributed by atoms with Gasteiger partial charge in [-0.1, -0.05) is 23.7 Å². The first kappa shape index (κ1) is 15.1. The number of nitrogens with zero attached hydrogens (tertiary/aromatic N) is 2. The van der Waals surface area contributed by atoms with Gasteiger partial charge in [-0.25, -0.2) is 4.98 Å². The van der Waals surface area contributed by atoms with Gasteiger partial charge in [-0.2, -0.15) is 0 Å². The van der Waals surface area contributed by atoms with E-state index in [1.54, 1.807) is 18.6 Å². The number of halogens is 1. The number of hydrogen-bond acceptors (Lipinski definition) is 3. The normalized spacial score (nSPS) is 10.5. The molecule has 0 radical (unpaired) electrons. The van der Waals surface area contributed by atoms with Crippen molar-refractivity contribution in [2.24, 2.45) is 0 Å². The van der Waals surface area contributed by atoms with E-state index in [4.69, 9.17) is 11.6 Å². The number of pyridine rings is 1. The van der Waals surface area contributed by atoms with Crippen LogP contribution < -0.4 is 10.9 Å². The summed E-state index contributed by atoms with van der Waals surface area (Å²) in [7, 11) is 0. The molecule has 0 atom stereocenters. The largest absolute Gasteiger partial charge is 0.331 e. The molecule has 3 rings (SSSR count). The number of hydrogen-bond donors (Lipinski definition) is 2. The maximum atomic E-state index is 12.0. The van der Waals surface area contributed by atoms with Crippen LogP contribution in [0, 0.1) is 0 Å². The third-order valence-electron chi connectivity index (χ3n) is 3.19. The van der Waals surface area contributed by atoms with Gasteiger partial charge in [0, 0.05) is 24.0 Å². The summed E-state index contributed by atoms with van der Waals surface area (Å²) in [6, 6.07) is 10.5. The Morgan fingerprint density at radius 2 is 2.17 bits per heavy atom. The molecule has 0 aliphatic carbocycles. The van der Waals surface area contributed by atoms with Gasteiger partial charge in [0.2, 0.25) is 0 Å². The van der Waals surface area contributed by atoms with Crippen molar-refractivity contribution in [3.8, 4) is 0 Å². The molecule has 1 amide bonds. The van der Waals surface area contributed by atoms with E-state index in [9.17, 15) is 9.59 Å². The number of H-pyrrole nitrogens is 1. The Morgan fingerprint density at radius 3 is 2.96 bits per heavy atom. The Bertz CT molecular complexity index is 901. The average Bonchev–Trinajstić information content (AvgIpc) is 2.94. The van der Waals surface area contributed by atoms with E-state index in [1.165, 1.54) is 12.3 Å². The van der Waals surface area contributed by atoms with Crippen molar-refractivity contribution in [3.63, 3.8) is 0 Å². The quantitative estimate of drug-likeness (QED) is 0.772. The van der Waals surface area contributed by atoms with Gasteiger partial charge in [0.1, 0.15) is 5.56 Å². The average molecular weight is 329 g/mol. The molecule has 0 saturated carbocycles. The highest BCUT2D eigenvalue weighted by atomic mass is 35.5. The van der Waals surface area contributed by atoms with Crippen LogP contribution in [0.2, 0.25) is 5.02 Å². The lowest BCUT2D eigenvalue weighted by molar-refractivity contribution is 0.102. The zero-order valence-electron chi connectivity index (χ0n) is 12.0. The van der Waals surface area contributed by atoms with E-state index in [1.807, 2.05) is 28.8 Å². The summed E-state index contributed by atoms with van der Waals surface area (Å²) < 4.78 is 1.82. The van der Waals surface area contributed by atoms with Crippen LogP contribution in [0.15, 0.2) is 59.9 Å². The van der Waals surface area contributed by atoms with Gasteiger partial charge in [-0.15, -0.1) is 0 Å². The second-order valence-electron chi connectivity index (χ2n) is 4.93. The summed E-state index contributed by atoms with van der Waals surface area (Å²) in [5, 5.41) is 3.27. The molecule has 2 N–H and O–H groups in total. The summed E-state index contributed by atoms with van der Waals surface area (Å²) >= 11 is 5.95. The molecule has 0 fully saturated rings. The Hall–Kier alpha value is -2.86. The Morgan fingerprint density at radius 1 is 1.30 bits per heavy atom. The topological polar surface area (TPSA) is 79.8 Å². The second kappa shape index (κ2) is 6.50. The number of benzene rings is 1. The minimum atomic E-state index is -0.500. The number of amides is 1. The van der Waals surface area contributed by atoms with Crippen molar-refractivity contribution < 1.29 is 4.79 Å². The zero-order valence-corrected chi connectivity index (χ0v) is 12.7. The van der Waals surface area contributed by atoms with E-state index in [0.717, 1.165) is 5.56 Å². The molecule has 116 valence electrons. The van der Waals surface area contributed by atoms with Crippen LogP contribution in [0.3, 0.4) is 0 Å². The van der Waals surface area contributed by atoms with E-state index in [-0.39, 0.29) is 5.56 Å². The standard InChI is InChI=1S/C16H13ClN4O2/c17-12-4-1-3-11(7-12)8-21-9-14(19-10-21)20-16(23)13-5-2-6-18-15(13)22/h1-7,9-10H,8H2,(H,18,22)(H,20,23).